The predicted octanol–water partition coefficient (Wildman–Crippen LogP) is 1.95. The Hall–Kier alpha value is -4.87. The highest BCUT2D eigenvalue weighted by Crippen LogP contribution is 2.20. The summed E-state index contributed by atoms with van der Waals surface area (Å²) in [6.07, 6.45) is 3.10. The maximum Gasteiger partial charge on any atom is 0.332 e. The number of hydrogen-bond acceptors (Lipinski definition) is 8. The topological polar surface area (TPSA) is 143 Å². The van der Waals surface area contributed by atoms with Crippen LogP contribution in [0.15, 0.2) is 57.0 Å². The lowest BCUT2D eigenvalue weighted by molar-refractivity contribution is -0.116. The zero-order valence-corrected chi connectivity index (χ0v) is 20.7. The summed E-state index contributed by atoms with van der Waals surface area (Å²) in [5.41, 5.74) is 3.10. The van der Waals surface area contributed by atoms with Gasteiger partial charge in [-0.3, -0.25) is 23.7 Å². The van der Waals surface area contributed by atoms with Gasteiger partial charge in [-0.05, 0) is 44.5 Å². The summed E-state index contributed by atoms with van der Waals surface area (Å²) in [5, 5.41) is 6.63. The number of nitrogens with zero attached hydrogens (tertiary/aromatic N) is 7. The van der Waals surface area contributed by atoms with Crippen LogP contribution in [0, 0.1) is 20.8 Å². The summed E-state index contributed by atoms with van der Waals surface area (Å²) in [6, 6.07) is 8.95. The molecular weight excluding hydrogens is 476 g/mol. The first-order valence-electron chi connectivity index (χ1n) is 11.5. The van der Waals surface area contributed by atoms with E-state index in [0.717, 1.165) is 21.4 Å². The Morgan fingerprint density at radius 3 is 2.65 bits per heavy atom. The first kappa shape index (κ1) is 23.9. The molecule has 0 saturated carbocycles. The van der Waals surface area contributed by atoms with Crippen LogP contribution in [0.1, 0.15) is 22.7 Å². The van der Waals surface area contributed by atoms with Crippen molar-refractivity contribution in [2.75, 3.05) is 5.32 Å². The highest BCUT2D eigenvalue weighted by atomic mass is 16.5. The number of fused-ring (bicyclic) bond motifs is 1. The van der Waals surface area contributed by atoms with E-state index >= 15 is 0 Å². The first-order valence-corrected chi connectivity index (χ1v) is 11.5. The van der Waals surface area contributed by atoms with Crippen molar-refractivity contribution in [2.24, 2.45) is 7.05 Å². The monoisotopic (exact) mass is 500 g/mol. The largest absolute Gasteiger partial charge is 0.361 e. The van der Waals surface area contributed by atoms with Crippen molar-refractivity contribution >= 4 is 22.9 Å². The van der Waals surface area contributed by atoms with E-state index in [0.29, 0.717) is 23.0 Å². The van der Waals surface area contributed by atoms with Crippen molar-refractivity contribution in [3.63, 3.8) is 0 Å². The third kappa shape index (κ3) is 4.56. The van der Waals surface area contributed by atoms with Crippen molar-refractivity contribution in [1.82, 2.24) is 33.8 Å². The Labute approximate surface area is 210 Å². The Morgan fingerprint density at radius 1 is 1.11 bits per heavy atom. The molecule has 0 saturated heterocycles. The molecule has 188 valence electrons. The highest BCUT2D eigenvalue weighted by Gasteiger charge is 2.19. The van der Waals surface area contributed by atoms with Crippen molar-refractivity contribution in [3.8, 4) is 11.3 Å². The minimum absolute atomic E-state index is 0.0692. The third-order valence-electron chi connectivity index (χ3n) is 6.06. The van der Waals surface area contributed by atoms with Gasteiger partial charge in [-0.1, -0.05) is 11.2 Å². The molecule has 1 amide bonds. The Kier molecular flexibility index (Phi) is 5.99. The van der Waals surface area contributed by atoms with Gasteiger partial charge in [0.15, 0.2) is 11.2 Å². The van der Waals surface area contributed by atoms with Crippen LogP contribution in [-0.4, -0.2) is 39.7 Å². The minimum Gasteiger partial charge on any atom is -0.361 e. The number of rotatable bonds is 6. The second kappa shape index (κ2) is 9.30. The zero-order valence-electron chi connectivity index (χ0n) is 20.7. The molecule has 0 aliphatic heterocycles. The normalized spacial score (nSPS) is 11.2. The van der Waals surface area contributed by atoms with Gasteiger partial charge in [-0.25, -0.2) is 14.8 Å². The number of anilines is 1. The van der Waals surface area contributed by atoms with Crippen LogP contribution in [0.5, 0.6) is 0 Å². The molecule has 12 heteroatoms. The van der Waals surface area contributed by atoms with Crippen LogP contribution in [0.3, 0.4) is 0 Å². The zero-order chi connectivity index (χ0) is 26.3. The van der Waals surface area contributed by atoms with Crippen LogP contribution >= 0.6 is 0 Å². The number of aryl methyl sites for hydroxylation is 4. The molecule has 12 nitrogen and oxygen atoms in total. The van der Waals surface area contributed by atoms with Crippen LogP contribution in [0.4, 0.5) is 5.82 Å². The standard InChI is InChI=1S/C25H24N8O4/c1-14-8-17(10-26-16(14)3)19-6-5-7-20(28-19)29-21(34)12-32-13-27-23-22(32)24(35)33(25(36)31(23)4)11-18-9-15(2)37-30-18/h5-10,13H,11-12H2,1-4H3,(H,28,29,34). The minimum atomic E-state index is -0.577. The average Bonchev–Trinajstić information content (AvgIpc) is 3.48. The molecule has 0 fully saturated rings. The molecule has 0 atom stereocenters. The summed E-state index contributed by atoms with van der Waals surface area (Å²) in [6.45, 7) is 5.36. The molecule has 0 aliphatic carbocycles. The van der Waals surface area contributed by atoms with Gasteiger partial charge in [0.05, 0.1) is 18.6 Å². The van der Waals surface area contributed by atoms with E-state index in [1.165, 1.54) is 22.5 Å². The van der Waals surface area contributed by atoms with E-state index in [-0.39, 0.29) is 24.3 Å². The number of imidazole rings is 1. The predicted molar refractivity (Wildman–Crippen MR) is 135 cm³/mol. The number of carbonyl (C=O) groups excluding carboxylic acids is 1. The molecule has 0 bridgehead atoms. The number of carbonyl (C=O) groups is 1. The van der Waals surface area contributed by atoms with Gasteiger partial charge in [0.2, 0.25) is 5.91 Å². The number of aromatic nitrogens is 7. The fourth-order valence-electron chi connectivity index (χ4n) is 4.02. The lowest BCUT2D eigenvalue weighted by Gasteiger charge is -2.10. The van der Waals surface area contributed by atoms with E-state index in [2.05, 4.69) is 25.4 Å². The quantitative estimate of drug-likeness (QED) is 0.373. The molecule has 5 heterocycles. The van der Waals surface area contributed by atoms with E-state index in [1.54, 1.807) is 31.3 Å². The van der Waals surface area contributed by atoms with Crippen molar-refractivity contribution < 1.29 is 9.32 Å². The molecule has 5 rings (SSSR count). The molecule has 1 N–H and O–H groups in total. The van der Waals surface area contributed by atoms with Gasteiger partial charge >= 0.3 is 5.69 Å². The van der Waals surface area contributed by atoms with Gasteiger partial charge in [-0.15, -0.1) is 0 Å². The lowest BCUT2D eigenvalue weighted by Crippen LogP contribution is -2.40. The number of amides is 1. The molecule has 37 heavy (non-hydrogen) atoms. The van der Waals surface area contributed by atoms with Gasteiger partial charge in [0, 0.05) is 30.6 Å². The fraction of sp³-hybridized carbons (Fsp3) is 0.240. The van der Waals surface area contributed by atoms with Gasteiger partial charge < -0.3 is 14.4 Å². The van der Waals surface area contributed by atoms with Gasteiger partial charge in [-0.2, -0.15) is 0 Å². The third-order valence-corrected chi connectivity index (χ3v) is 6.06. The van der Waals surface area contributed by atoms with Crippen molar-refractivity contribution in [2.45, 2.75) is 33.9 Å². The highest BCUT2D eigenvalue weighted by molar-refractivity contribution is 5.90. The summed E-state index contributed by atoms with van der Waals surface area (Å²) in [5.74, 6) is 0.513. The van der Waals surface area contributed by atoms with Gasteiger partial charge in [0.25, 0.3) is 5.56 Å². The Balaban J connectivity index is 1.42. The van der Waals surface area contributed by atoms with Crippen LogP contribution in [0.25, 0.3) is 22.4 Å². The molecular formula is C25H24N8O4. The number of pyridine rings is 2. The molecule has 0 aromatic carbocycles. The summed E-state index contributed by atoms with van der Waals surface area (Å²) >= 11 is 0. The van der Waals surface area contributed by atoms with E-state index in [9.17, 15) is 14.4 Å². The molecule has 5 aromatic heterocycles. The molecule has 0 unspecified atom stereocenters. The molecule has 0 radical (unpaired) electrons. The van der Waals surface area contributed by atoms with E-state index < -0.39 is 17.2 Å². The summed E-state index contributed by atoms with van der Waals surface area (Å²) < 4.78 is 8.76. The Morgan fingerprint density at radius 2 is 1.92 bits per heavy atom. The SMILES string of the molecule is Cc1cc(Cn2c(=O)c3c(ncn3CC(=O)Nc3cccc(-c4cnc(C)c(C)c4)n3)n(C)c2=O)no1. The van der Waals surface area contributed by atoms with Gasteiger partial charge in [0.1, 0.15) is 23.8 Å². The van der Waals surface area contributed by atoms with E-state index in [1.807, 2.05) is 26.0 Å². The van der Waals surface area contributed by atoms with Crippen molar-refractivity contribution in [3.05, 3.63) is 86.4 Å². The Bertz CT molecular complexity index is 1780. The lowest BCUT2D eigenvalue weighted by atomic mass is 10.1. The molecule has 5 aromatic rings. The number of hydrogen-bond donors (Lipinski definition) is 1. The second-order valence-corrected chi connectivity index (χ2v) is 8.79. The summed E-state index contributed by atoms with van der Waals surface area (Å²) in [4.78, 5) is 52.1. The van der Waals surface area contributed by atoms with E-state index in [4.69, 9.17) is 4.52 Å². The first-order chi connectivity index (χ1) is 17.7. The maximum absolute atomic E-state index is 13.3. The van der Waals surface area contributed by atoms with Crippen LogP contribution < -0.4 is 16.6 Å². The maximum atomic E-state index is 13.3. The van der Waals surface area contributed by atoms with Crippen LogP contribution in [0.2, 0.25) is 0 Å². The van der Waals surface area contributed by atoms with Crippen LogP contribution in [-0.2, 0) is 24.9 Å². The fourth-order valence-corrected chi connectivity index (χ4v) is 4.02. The number of nitrogens with one attached hydrogen (secondary N) is 1. The summed E-state index contributed by atoms with van der Waals surface area (Å²) in [7, 11) is 1.52. The smallest absolute Gasteiger partial charge is 0.332 e. The molecule has 0 aliphatic rings. The average molecular weight is 501 g/mol. The molecule has 0 spiro atoms. The van der Waals surface area contributed by atoms with Crippen molar-refractivity contribution in [1.29, 1.82) is 0 Å². The second-order valence-electron chi connectivity index (χ2n) is 8.79.